The van der Waals surface area contributed by atoms with Gasteiger partial charge in [0.1, 0.15) is 19.8 Å². The van der Waals surface area contributed by atoms with Crippen LogP contribution >= 0.6 is 23.2 Å². The molecule has 4 rings (SSSR count). The molecule has 0 aliphatic rings. The van der Waals surface area contributed by atoms with E-state index in [1.165, 1.54) is 36.4 Å². The minimum absolute atomic E-state index is 0.0423. The van der Waals surface area contributed by atoms with Crippen molar-refractivity contribution in [2.24, 2.45) is 0 Å². The lowest BCUT2D eigenvalue weighted by atomic mass is 10.0. The third kappa shape index (κ3) is 8.77. The number of aromatic carboxylic acids is 2. The van der Waals surface area contributed by atoms with Gasteiger partial charge >= 0.3 is 11.9 Å². The summed E-state index contributed by atoms with van der Waals surface area (Å²) in [5, 5.41) is 39.4. The van der Waals surface area contributed by atoms with Gasteiger partial charge in [-0.25, -0.2) is 19.4 Å². The van der Waals surface area contributed by atoms with E-state index in [1.54, 1.807) is 30.3 Å². The van der Waals surface area contributed by atoms with E-state index >= 15 is 0 Å². The molecule has 0 fully saturated rings. The molecule has 6 N–H and O–H groups in total. The quantitative estimate of drug-likeness (QED) is 0.0622. The maximum absolute atomic E-state index is 12.9. The van der Waals surface area contributed by atoms with E-state index in [1.807, 2.05) is 6.07 Å². The molecule has 0 aromatic heterocycles. The first kappa shape index (κ1) is 33.4. The molecule has 0 unspecified atom stereocenters. The zero-order chi connectivity index (χ0) is 32.5. The molecule has 1 amide bonds. The van der Waals surface area contributed by atoms with E-state index in [0.717, 1.165) is 11.1 Å². The van der Waals surface area contributed by atoms with Crippen molar-refractivity contribution >= 4 is 52.4 Å². The van der Waals surface area contributed by atoms with Crippen molar-refractivity contribution in [3.63, 3.8) is 0 Å². The molecule has 4 aromatic rings. The van der Waals surface area contributed by atoms with Gasteiger partial charge in [-0.15, -0.1) is 0 Å². The Kier molecular flexibility index (Phi) is 11.5. The van der Waals surface area contributed by atoms with Crippen LogP contribution in [0, 0.1) is 0 Å². The molecule has 0 atom stereocenters. The molecule has 0 saturated carbocycles. The fourth-order valence-corrected chi connectivity index (χ4v) is 4.86. The third-order valence-electron chi connectivity index (χ3n) is 6.60. The first-order chi connectivity index (χ1) is 21.6. The lowest BCUT2D eigenvalue weighted by Crippen LogP contribution is -2.17. The molecule has 0 aliphatic carbocycles. The second-order valence-corrected chi connectivity index (χ2v) is 10.5. The van der Waals surface area contributed by atoms with E-state index in [9.17, 15) is 24.6 Å². The van der Waals surface area contributed by atoms with Crippen molar-refractivity contribution in [1.29, 1.82) is 0 Å². The van der Waals surface area contributed by atoms with Gasteiger partial charge in [0.05, 0.1) is 38.1 Å². The summed E-state index contributed by atoms with van der Waals surface area (Å²) in [5.41, 5.74) is 6.24. The molecule has 14 heteroatoms. The highest BCUT2D eigenvalue weighted by atomic mass is 35.5. The number of carbonyl (C=O) groups is 3. The normalized spacial score (nSPS) is 10.8. The van der Waals surface area contributed by atoms with Crippen LogP contribution in [0.5, 0.6) is 0 Å². The Labute approximate surface area is 266 Å². The summed E-state index contributed by atoms with van der Waals surface area (Å²) < 4.78 is 0. The van der Waals surface area contributed by atoms with E-state index < -0.39 is 17.8 Å². The second kappa shape index (κ2) is 15.5. The smallest absolute Gasteiger partial charge is 0.336 e. The van der Waals surface area contributed by atoms with Crippen LogP contribution in [0.3, 0.4) is 0 Å². The maximum Gasteiger partial charge on any atom is 0.336 e. The Bertz CT molecular complexity index is 1730. The number of halogens is 2. The molecule has 12 nitrogen and oxygen atoms in total. The molecule has 0 aliphatic heterocycles. The number of amides is 1. The number of rotatable bonds is 14. The SMILES string of the molecule is O=C(O)c1ccc(COO)c(CONc2ccc(Cc3ccc(NC(=O)c4cc(COO)ccc4C(=O)O)c(Cl)c3)cc2Cl)c1. The third-order valence-corrected chi connectivity index (χ3v) is 7.22. The highest BCUT2D eigenvalue weighted by molar-refractivity contribution is 6.34. The van der Waals surface area contributed by atoms with E-state index in [2.05, 4.69) is 20.6 Å². The van der Waals surface area contributed by atoms with Gasteiger partial charge in [0, 0.05) is 0 Å². The van der Waals surface area contributed by atoms with Gasteiger partial charge in [-0.1, -0.05) is 47.5 Å². The minimum atomic E-state index is -1.29. The van der Waals surface area contributed by atoms with Gasteiger partial charge < -0.3 is 15.5 Å². The van der Waals surface area contributed by atoms with Crippen molar-refractivity contribution in [1.82, 2.24) is 0 Å². The monoisotopic (exact) mass is 656 g/mol. The molecule has 4 aromatic carbocycles. The van der Waals surface area contributed by atoms with E-state index in [4.69, 9.17) is 38.6 Å². The largest absolute Gasteiger partial charge is 0.478 e. The summed E-state index contributed by atoms with van der Waals surface area (Å²) in [6, 6.07) is 18.6. The molecule has 234 valence electrons. The highest BCUT2D eigenvalue weighted by Gasteiger charge is 2.19. The fourth-order valence-electron chi connectivity index (χ4n) is 4.37. The first-order valence-electron chi connectivity index (χ1n) is 13.1. The van der Waals surface area contributed by atoms with Gasteiger partial charge in [0.2, 0.25) is 0 Å². The summed E-state index contributed by atoms with van der Waals surface area (Å²) >= 11 is 12.9. The molecular formula is C31H26Cl2N2O10. The number of nitrogens with one attached hydrogen (secondary N) is 2. The maximum atomic E-state index is 12.9. The second-order valence-electron chi connectivity index (χ2n) is 9.67. The lowest BCUT2D eigenvalue weighted by molar-refractivity contribution is -0.253. The van der Waals surface area contributed by atoms with Gasteiger partial charge in [-0.2, -0.15) is 0 Å². The first-order valence-corrected chi connectivity index (χ1v) is 13.8. The van der Waals surface area contributed by atoms with Crippen LogP contribution in [-0.2, 0) is 40.9 Å². The average Bonchev–Trinajstić information content (AvgIpc) is 3.00. The van der Waals surface area contributed by atoms with Crippen LogP contribution < -0.4 is 10.8 Å². The Morgan fingerprint density at radius 2 is 1.29 bits per heavy atom. The summed E-state index contributed by atoms with van der Waals surface area (Å²) in [4.78, 5) is 49.7. The van der Waals surface area contributed by atoms with Crippen molar-refractivity contribution in [3.8, 4) is 0 Å². The molecule has 0 spiro atoms. The molecular weight excluding hydrogens is 631 g/mol. The number of carbonyl (C=O) groups excluding carboxylic acids is 1. The summed E-state index contributed by atoms with van der Waals surface area (Å²) in [6.45, 7) is -0.416. The standard InChI is InChI=1S/C31H26Cl2N2O10/c32-25-11-17(2-7-27(25)34-29(36)24-10-19(14-44-41)1-6-23(24)31(39)40)9-18-3-8-28(26(33)12-18)35-43-15-22-13-20(30(37)38)4-5-21(22)16-45-42/h1-8,10-13,35,41-42H,9,14-16H2,(H,34,36)(H,37,38)(H,39,40). The molecule has 0 bridgehead atoms. The van der Waals surface area contributed by atoms with E-state index in [0.29, 0.717) is 33.8 Å². The predicted molar refractivity (Wildman–Crippen MR) is 164 cm³/mol. The molecule has 45 heavy (non-hydrogen) atoms. The van der Waals surface area contributed by atoms with E-state index in [-0.39, 0.29) is 47.2 Å². The van der Waals surface area contributed by atoms with Crippen LogP contribution in [-0.4, -0.2) is 38.6 Å². The number of hydrogen-bond donors (Lipinski definition) is 6. The Hall–Kier alpha value is -4.53. The number of carboxylic acids is 2. The summed E-state index contributed by atoms with van der Waals surface area (Å²) in [7, 11) is 0. The van der Waals surface area contributed by atoms with Gasteiger partial charge in [-0.3, -0.25) is 25.6 Å². The highest BCUT2D eigenvalue weighted by Crippen LogP contribution is 2.28. The van der Waals surface area contributed by atoms with Gasteiger partial charge in [0.15, 0.2) is 0 Å². The van der Waals surface area contributed by atoms with Crippen LogP contribution in [0.25, 0.3) is 0 Å². The average molecular weight is 657 g/mol. The molecule has 0 saturated heterocycles. The zero-order valence-electron chi connectivity index (χ0n) is 23.3. The molecule has 0 radical (unpaired) electrons. The minimum Gasteiger partial charge on any atom is -0.478 e. The summed E-state index contributed by atoms with van der Waals surface area (Å²) in [6.07, 6.45) is 0.438. The number of hydrogen-bond acceptors (Lipinski definition) is 9. The fraction of sp³-hybridized carbons (Fsp3) is 0.129. The number of anilines is 2. The van der Waals surface area contributed by atoms with Crippen LogP contribution in [0.4, 0.5) is 11.4 Å². The van der Waals surface area contributed by atoms with Crippen LogP contribution in [0.1, 0.15) is 58.9 Å². The number of benzene rings is 4. The predicted octanol–water partition coefficient (Wildman–Crippen LogP) is 6.76. The topological polar surface area (TPSA) is 184 Å². The summed E-state index contributed by atoms with van der Waals surface area (Å²) in [5.74, 6) is -3.10. The van der Waals surface area contributed by atoms with Crippen molar-refractivity contribution < 1.29 is 49.7 Å². The van der Waals surface area contributed by atoms with Crippen molar-refractivity contribution in [3.05, 3.63) is 127 Å². The zero-order valence-corrected chi connectivity index (χ0v) is 24.8. The number of carboxylic acid groups (broad SMARTS) is 2. The molecule has 0 heterocycles. The van der Waals surface area contributed by atoms with Crippen LogP contribution in [0.15, 0.2) is 72.8 Å². The van der Waals surface area contributed by atoms with Crippen molar-refractivity contribution in [2.45, 2.75) is 26.2 Å². The van der Waals surface area contributed by atoms with Gasteiger partial charge in [0.25, 0.3) is 5.91 Å². The van der Waals surface area contributed by atoms with Gasteiger partial charge in [-0.05, 0) is 82.8 Å². The van der Waals surface area contributed by atoms with Crippen molar-refractivity contribution in [2.75, 3.05) is 10.8 Å². The van der Waals surface area contributed by atoms with Crippen LogP contribution in [0.2, 0.25) is 10.0 Å². The Morgan fingerprint density at radius 1 is 0.644 bits per heavy atom. The lowest BCUT2D eigenvalue weighted by Gasteiger charge is -2.13. The Balaban J connectivity index is 1.40. The Morgan fingerprint density at radius 3 is 1.89 bits per heavy atom.